The van der Waals surface area contributed by atoms with Crippen LogP contribution in [-0.4, -0.2) is 16.1 Å². The van der Waals surface area contributed by atoms with Gasteiger partial charge in [0.15, 0.2) is 11.6 Å². The van der Waals surface area contributed by atoms with E-state index in [1.54, 1.807) is 6.07 Å². The van der Waals surface area contributed by atoms with E-state index in [4.69, 9.17) is 0 Å². The Hall–Kier alpha value is -1.75. The average molecular weight is 263 g/mol. The highest BCUT2D eigenvalue weighted by Crippen LogP contribution is 2.23. The number of imidazole rings is 1. The highest BCUT2D eigenvalue weighted by molar-refractivity contribution is 5.39. The lowest BCUT2D eigenvalue weighted by Gasteiger charge is -2.16. The van der Waals surface area contributed by atoms with Crippen LogP contribution in [0.3, 0.4) is 0 Å². The molecule has 0 saturated carbocycles. The smallest absolute Gasteiger partial charge is 0.160 e. The molecule has 3 rings (SSSR count). The number of nitrogens with one attached hydrogen (secondary N) is 1. The lowest BCUT2D eigenvalue weighted by molar-refractivity contribution is 0.507. The molecule has 2 aromatic rings. The molecule has 0 amide bonds. The average Bonchev–Trinajstić information content (AvgIpc) is 2.80. The zero-order valence-corrected chi connectivity index (χ0v) is 10.7. The van der Waals surface area contributed by atoms with Crippen molar-refractivity contribution in [1.29, 1.82) is 0 Å². The first-order valence-corrected chi connectivity index (χ1v) is 6.46. The van der Waals surface area contributed by atoms with Gasteiger partial charge in [-0.05, 0) is 12.1 Å². The Bertz CT molecular complexity index is 619. The van der Waals surface area contributed by atoms with Crippen molar-refractivity contribution in [3.05, 3.63) is 47.0 Å². The van der Waals surface area contributed by atoms with Gasteiger partial charge in [0.1, 0.15) is 5.82 Å². The quantitative estimate of drug-likeness (QED) is 0.901. The van der Waals surface area contributed by atoms with Crippen molar-refractivity contribution in [3.63, 3.8) is 0 Å². The second-order valence-corrected chi connectivity index (χ2v) is 4.64. The van der Waals surface area contributed by atoms with Crippen LogP contribution in [0.1, 0.15) is 24.1 Å². The number of benzene rings is 1. The van der Waals surface area contributed by atoms with E-state index in [1.165, 1.54) is 6.07 Å². The summed E-state index contributed by atoms with van der Waals surface area (Å²) in [5, 5.41) is 3.27. The van der Waals surface area contributed by atoms with Crippen LogP contribution in [0, 0.1) is 11.6 Å². The standard InChI is InChI=1S/C14H15F2N3/c1-2-14-18-12-8-17-6-5-13(12)19(14)9-3-4-10(15)11(16)7-9/h3-4,7,17H,2,5-6,8H2,1H3. The Morgan fingerprint density at radius 2 is 2.16 bits per heavy atom. The number of nitrogens with zero attached hydrogens (tertiary/aromatic N) is 2. The normalized spacial score (nSPS) is 14.5. The maximum atomic E-state index is 13.4. The van der Waals surface area contributed by atoms with Crippen molar-refractivity contribution in [1.82, 2.24) is 14.9 Å². The lowest BCUT2D eigenvalue weighted by Crippen LogP contribution is -2.24. The molecule has 0 spiro atoms. The summed E-state index contributed by atoms with van der Waals surface area (Å²) in [6.45, 7) is 3.63. The molecule has 1 aromatic carbocycles. The number of rotatable bonds is 2. The van der Waals surface area contributed by atoms with Crippen LogP contribution < -0.4 is 5.32 Å². The fourth-order valence-corrected chi connectivity index (χ4v) is 2.53. The van der Waals surface area contributed by atoms with E-state index in [0.29, 0.717) is 5.69 Å². The molecule has 0 unspecified atom stereocenters. The number of hydrogen-bond acceptors (Lipinski definition) is 2. The molecule has 0 saturated heterocycles. The summed E-state index contributed by atoms with van der Waals surface area (Å²) < 4.78 is 28.4. The first-order chi connectivity index (χ1) is 9.20. The van der Waals surface area contributed by atoms with Crippen molar-refractivity contribution >= 4 is 0 Å². The summed E-state index contributed by atoms with van der Waals surface area (Å²) in [5.74, 6) is -0.756. The second-order valence-electron chi connectivity index (χ2n) is 4.64. The van der Waals surface area contributed by atoms with Gasteiger partial charge >= 0.3 is 0 Å². The van der Waals surface area contributed by atoms with Gasteiger partial charge < -0.3 is 9.88 Å². The number of aromatic nitrogens is 2. The first-order valence-electron chi connectivity index (χ1n) is 6.46. The molecule has 3 nitrogen and oxygen atoms in total. The van der Waals surface area contributed by atoms with E-state index < -0.39 is 11.6 Å². The number of aryl methyl sites for hydroxylation is 1. The lowest BCUT2D eigenvalue weighted by atomic mass is 10.1. The molecule has 0 atom stereocenters. The van der Waals surface area contributed by atoms with Crippen molar-refractivity contribution in [2.24, 2.45) is 0 Å². The van der Waals surface area contributed by atoms with Gasteiger partial charge in [-0.2, -0.15) is 0 Å². The van der Waals surface area contributed by atoms with Crippen LogP contribution >= 0.6 is 0 Å². The largest absolute Gasteiger partial charge is 0.311 e. The summed E-state index contributed by atoms with van der Waals surface area (Å²) in [6, 6.07) is 4.00. The van der Waals surface area contributed by atoms with E-state index in [9.17, 15) is 8.78 Å². The Morgan fingerprint density at radius 1 is 1.32 bits per heavy atom. The minimum absolute atomic E-state index is 0.645. The van der Waals surface area contributed by atoms with Gasteiger partial charge in [0, 0.05) is 37.7 Å². The second kappa shape index (κ2) is 4.74. The van der Waals surface area contributed by atoms with Crippen molar-refractivity contribution < 1.29 is 8.78 Å². The highest BCUT2D eigenvalue weighted by atomic mass is 19.2. The van der Waals surface area contributed by atoms with E-state index in [0.717, 1.165) is 49.2 Å². The molecule has 0 fully saturated rings. The SMILES string of the molecule is CCc1nc2c(n1-c1ccc(F)c(F)c1)CCNC2. The molecule has 0 aliphatic carbocycles. The molecule has 1 N–H and O–H groups in total. The zero-order valence-electron chi connectivity index (χ0n) is 10.7. The van der Waals surface area contributed by atoms with E-state index in [2.05, 4.69) is 10.3 Å². The fourth-order valence-electron chi connectivity index (χ4n) is 2.53. The highest BCUT2D eigenvalue weighted by Gasteiger charge is 2.20. The van der Waals surface area contributed by atoms with Crippen molar-refractivity contribution in [2.75, 3.05) is 6.54 Å². The Balaban J connectivity index is 2.17. The summed E-state index contributed by atoms with van der Waals surface area (Å²) in [7, 11) is 0. The molecule has 1 aromatic heterocycles. The molecular formula is C14H15F2N3. The topological polar surface area (TPSA) is 29.9 Å². The van der Waals surface area contributed by atoms with Gasteiger partial charge in [-0.3, -0.25) is 0 Å². The van der Waals surface area contributed by atoms with E-state index in [1.807, 2.05) is 11.5 Å². The monoisotopic (exact) mass is 263 g/mol. The Labute approximate surface area is 110 Å². The number of halogens is 2. The first kappa shape index (κ1) is 12.3. The maximum absolute atomic E-state index is 13.4. The van der Waals surface area contributed by atoms with Crippen molar-refractivity contribution in [2.45, 2.75) is 26.3 Å². The molecule has 1 aliphatic heterocycles. The van der Waals surface area contributed by atoms with E-state index in [-0.39, 0.29) is 0 Å². The molecule has 0 radical (unpaired) electrons. The van der Waals surface area contributed by atoms with Crippen LogP contribution in [-0.2, 0) is 19.4 Å². The number of hydrogen-bond donors (Lipinski definition) is 1. The zero-order chi connectivity index (χ0) is 13.4. The molecule has 5 heteroatoms. The Kier molecular flexibility index (Phi) is 3.06. The van der Waals surface area contributed by atoms with Gasteiger partial charge in [-0.1, -0.05) is 6.92 Å². The van der Waals surface area contributed by atoms with Gasteiger partial charge in [-0.15, -0.1) is 0 Å². The van der Waals surface area contributed by atoms with Crippen LogP contribution in [0.15, 0.2) is 18.2 Å². The minimum atomic E-state index is -0.823. The molecule has 19 heavy (non-hydrogen) atoms. The summed E-state index contributed by atoms with van der Waals surface area (Å²) in [4.78, 5) is 4.58. The summed E-state index contributed by atoms with van der Waals surface area (Å²) in [5.41, 5.74) is 2.75. The predicted octanol–water partition coefficient (Wildman–Crippen LogP) is 2.36. The van der Waals surface area contributed by atoms with E-state index >= 15 is 0 Å². The molecular weight excluding hydrogens is 248 g/mol. The Morgan fingerprint density at radius 3 is 2.89 bits per heavy atom. The summed E-state index contributed by atoms with van der Waals surface area (Å²) >= 11 is 0. The third-order valence-corrected chi connectivity index (χ3v) is 3.43. The third-order valence-electron chi connectivity index (χ3n) is 3.43. The van der Waals surface area contributed by atoms with Gasteiger partial charge in [0.05, 0.1) is 11.4 Å². The van der Waals surface area contributed by atoms with Crippen LogP contribution in [0.5, 0.6) is 0 Å². The van der Waals surface area contributed by atoms with Crippen molar-refractivity contribution in [3.8, 4) is 5.69 Å². The van der Waals surface area contributed by atoms with Crippen LogP contribution in [0.25, 0.3) is 5.69 Å². The fraction of sp³-hybridized carbons (Fsp3) is 0.357. The molecule has 2 heterocycles. The maximum Gasteiger partial charge on any atom is 0.160 e. The van der Waals surface area contributed by atoms with Gasteiger partial charge in [-0.25, -0.2) is 13.8 Å². The molecule has 100 valence electrons. The predicted molar refractivity (Wildman–Crippen MR) is 68.3 cm³/mol. The van der Waals surface area contributed by atoms with Gasteiger partial charge in [0.25, 0.3) is 0 Å². The third kappa shape index (κ3) is 2.04. The van der Waals surface area contributed by atoms with Gasteiger partial charge in [0.2, 0.25) is 0 Å². The molecule has 0 bridgehead atoms. The molecule has 1 aliphatic rings. The van der Waals surface area contributed by atoms with Crippen LogP contribution in [0.4, 0.5) is 8.78 Å². The minimum Gasteiger partial charge on any atom is -0.311 e. The summed E-state index contributed by atoms with van der Waals surface area (Å²) in [6.07, 6.45) is 1.60. The number of fused-ring (bicyclic) bond motifs is 1. The van der Waals surface area contributed by atoms with Crippen LogP contribution in [0.2, 0.25) is 0 Å².